The molecule has 0 bridgehead atoms. The van der Waals surface area contributed by atoms with Crippen LogP contribution in [0, 0.1) is 12.3 Å². The first-order valence-corrected chi connectivity index (χ1v) is 4.95. The van der Waals surface area contributed by atoms with Gasteiger partial charge in [-0.2, -0.15) is 0 Å². The number of imide groups is 1. The normalized spacial score (nSPS) is 22.5. The van der Waals surface area contributed by atoms with E-state index in [1.165, 1.54) is 0 Å². The van der Waals surface area contributed by atoms with Crippen LogP contribution >= 0.6 is 0 Å². The molecule has 2 fully saturated rings. The first-order chi connectivity index (χ1) is 7.18. The fourth-order valence-corrected chi connectivity index (χ4v) is 1.66. The van der Waals surface area contributed by atoms with Crippen molar-refractivity contribution in [1.29, 1.82) is 0 Å². The van der Waals surface area contributed by atoms with E-state index in [1.54, 1.807) is 6.42 Å². The first kappa shape index (κ1) is 10.1. The van der Waals surface area contributed by atoms with E-state index in [0.717, 1.165) is 12.8 Å². The molecule has 80 valence electrons. The van der Waals surface area contributed by atoms with Crippen molar-refractivity contribution in [3.8, 4) is 0 Å². The van der Waals surface area contributed by atoms with Gasteiger partial charge >= 0.3 is 5.97 Å². The number of carbonyl (C=O) groups is 3. The van der Waals surface area contributed by atoms with Crippen LogP contribution in [-0.2, 0) is 19.2 Å². The van der Waals surface area contributed by atoms with Crippen molar-refractivity contribution in [3.63, 3.8) is 0 Å². The zero-order chi connectivity index (χ0) is 10.8. The summed E-state index contributed by atoms with van der Waals surface area (Å²) < 4.78 is 0. The third-order valence-electron chi connectivity index (χ3n) is 2.48. The molecule has 1 saturated carbocycles. The van der Waals surface area contributed by atoms with Crippen molar-refractivity contribution < 1.29 is 19.2 Å². The van der Waals surface area contributed by atoms with Gasteiger partial charge in [0.1, 0.15) is 0 Å². The van der Waals surface area contributed by atoms with Crippen LogP contribution in [0.2, 0.25) is 0 Å². The number of rotatable bonds is 2. The summed E-state index contributed by atoms with van der Waals surface area (Å²) in [7, 11) is 0. The van der Waals surface area contributed by atoms with Gasteiger partial charge in [0.2, 0.25) is 0 Å². The Kier molecular flexibility index (Phi) is 2.70. The largest absolute Gasteiger partial charge is 0.340 e. The zero-order valence-electron chi connectivity index (χ0n) is 8.19. The number of hydrogen-bond acceptors (Lipinski definition) is 4. The van der Waals surface area contributed by atoms with E-state index in [1.807, 2.05) is 0 Å². The molecule has 1 aliphatic carbocycles. The summed E-state index contributed by atoms with van der Waals surface area (Å²) in [5.74, 6) is -0.891. The summed E-state index contributed by atoms with van der Waals surface area (Å²) in [6.07, 6.45) is 4.48. The summed E-state index contributed by atoms with van der Waals surface area (Å²) in [6.45, 7) is 0. The fraction of sp³-hybridized carbons (Fsp3) is 0.500. The third kappa shape index (κ3) is 2.00. The molecule has 0 atom stereocenters. The SMILES string of the molecule is O=C(ON1C(=O)CCC1=O)[C]1[CH]CCC1. The minimum absolute atomic E-state index is 0.130. The summed E-state index contributed by atoms with van der Waals surface area (Å²) in [5.41, 5.74) is 0. The van der Waals surface area contributed by atoms with E-state index in [4.69, 9.17) is 4.84 Å². The minimum Gasteiger partial charge on any atom is -0.330 e. The second kappa shape index (κ2) is 4.00. The minimum atomic E-state index is -0.573. The molecule has 1 aliphatic heterocycles. The third-order valence-corrected chi connectivity index (χ3v) is 2.48. The molecule has 2 aliphatic rings. The van der Waals surface area contributed by atoms with Crippen molar-refractivity contribution >= 4 is 17.8 Å². The van der Waals surface area contributed by atoms with Gasteiger partial charge in [-0.05, 0) is 19.3 Å². The summed E-state index contributed by atoms with van der Waals surface area (Å²) in [6, 6.07) is 0. The topological polar surface area (TPSA) is 63.7 Å². The van der Waals surface area contributed by atoms with E-state index in [-0.39, 0.29) is 12.8 Å². The lowest BCUT2D eigenvalue weighted by Gasteiger charge is -2.14. The number of hydrogen-bond donors (Lipinski definition) is 0. The standard InChI is InChI=1S/C10H11NO4/c12-8-5-6-9(13)11(8)15-10(14)7-3-1-2-4-7/h3H,1-2,4-6H2. The Morgan fingerprint density at radius 3 is 2.40 bits per heavy atom. The highest BCUT2D eigenvalue weighted by Crippen LogP contribution is 2.27. The van der Waals surface area contributed by atoms with Gasteiger partial charge in [-0.15, -0.1) is 5.06 Å². The van der Waals surface area contributed by atoms with Crippen LogP contribution in [-0.4, -0.2) is 22.8 Å². The van der Waals surface area contributed by atoms with Gasteiger partial charge < -0.3 is 4.84 Å². The van der Waals surface area contributed by atoms with E-state index in [2.05, 4.69) is 0 Å². The average Bonchev–Trinajstić information content (AvgIpc) is 2.82. The van der Waals surface area contributed by atoms with Gasteiger partial charge in [-0.3, -0.25) is 9.59 Å². The van der Waals surface area contributed by atoms with Gasteiger partial charge in [0.05, 0.1) is 5.92 Å². The van der Waals surface area contributed by atoms with Crippen LogP contribution in [0.25, 0.3) is 0 Å². The summed E-state index contributed by atoms with van der Waals surface area (Å²) in [5, 5.41) is 0.585. The Bertz CT molecular complexity index is 291. The van der Waals surface area contributed by atoms with Crippen molar-refractivity contribution in [2.75, 3.05) is 0 Å². The van der Waals surface area contributed by atoms with E-state index in [0.29, 0.717) is 17.4 Å². The van der Waals surface area contributed by atoms with Gasteiger partial charge in [-0.1, -0.05) is 6.42 Å². The molecule has 0 aromatic carbocycles. The Morgan fingerprint density at radius 2 is 1.87 bits per heavy atom. The molecule has 1 saturated heterocycles. The van der Waals surface area contributed by atoms with Gasteiger partial charge in [0, 0.05) is 12.8 Å². The number of hydroxylamine groups is 2. The second-order valence-corrected chi connectivity index (χ2v) is 3.58. The predicted octanol–water partition coefficient (Wildman–Crippen LogP) is 0.556. The van der Waals surface area contributed by atoms with Crippen molar-refractivity contribution in [1.82, 2.24) is 5.06 Å². The predicted molar refractivity (Wildman–Crippen MR) is 48.6 cm³/mol. The smallest absolute Gasteiger partial charge is 0.330 e. The van der Waals surface area contributed by atoms with Crippen molar-refractivity contribution in [2.45, 2.75) is 32.1 Å². The molecule has 0 unspecified atom stereocenters. The Balaban J connectivity index is 1.93. The van der Waals surface area contributed by atoms with E-state index in [9.17, 15) is 14.4 Å². The first-order valence-electron chi connectivity index (χ1n) is 4.95. The molecule has 15 heavy (non-hydrogen) atoms. The quantitative estimate of drug-likeness (QED) is 0.623. The van der Waals surface area contributed by atoms with Crippen LogP contribution in [0.3, 0.4) is 0 Å². The maximum atomic E-state index is 11.5. The molecule has 5 nitrogen and oxygen atoms in total. The number of nitrogens with zero attached hydrogens (tertiary/aromatic N) is 1. The Morgan fingerprint density at radius 1 is 1.20 bits per heavy atom. The lowest BCUT2D eigenvalue weighted by atomic mass is 10.1. The number of carbonyl (C=O) groups excluding carboxylic acids is 3. The maximum absolute atomic E-state index is 11.5. The zero-order valence-corrected chi connectivity index (χ0v) is 8.19. The van der Waals surface area contributed by atoms with Gasteiger partial charge in [0.25, 0.3) is 11.8 Å². The van der Waals surface area contributed by atoms with Crippen molar-refractivity contribution in [2.24, 2.45) is 0 Å². The molecule has 2 radical (unpaired) electrons. The van der Waals surface area contributed by atoms with Crippen LogP contribution in [0.1, 0.15) is 32.1 Å². The molecule has 2 amide bonds. The molecule has 5 heteroatoms. The van der Waals surface area contributed by atoms with Crippen LogP contribution < -0.4 is 0 Å². The molecule has 0 aromatic rings. The van der Waals surface area contributed by atoms with E-state index < -0.39 is 17.8 Å². The molecular weight excluding hydrogens is 198 g/mol. The van der Waals surface area contributed by atoms with Crippen LogP contribution in [0.15, 0.2) is 0 Å². The summed E-state index contributed by atoms with van der Waals surface area (Å²) >= 11 is 0. The van der Waals surface area contributed by atoms with Crippen molar-refractivity contribution in [3.05, 3.63) is 12.3 Å². The highest BCUT2D eigenvalue weighted by molar-refractivity contribution is 6.02. The van der Waals surface area contributed by atoms with Crippen LogP contribution in [0.4, 0.5) is 0 Å². The Labute approximate surface area is 87.3 Å². The maximum Gasteiger partial charge on any atom is 0.340 e. The Hall–Kier alpha value is -1.39. The lowest BCUT2D eigenvalue weighted by Crippen LogP contribution is -2.33. The molecular formula is C10H11NO4. The monoisotopic (exact) mass is 209 g/mol. The second-order valence-electron chi connectivity index (χ2n) is 3.58. The number of amides is 2. The molecule has 1 heterocycles. The average molecular weight is 209 g/mol. The van der Waals surface area contributed by atoms with Gasteiger partial charge in [-0.25, -0.2) is 4.79 Å². The summed E-state index contributed by atoms with van der Waals surface area (Å²) in [4.78, 5) is 38.5. The van der Waals surface area contributed by atoms with Gasteiger partial charge in [0.15, 0.2) is 0 Å². The molecule has 0 N–H and O–H groups in total. The highest BCUT2D eigenvalue weighted by Gasteiger charge is 2.35. The fourth-order valence-electron chi connectivity index (χ4n) is 1.66. The van der Waals surface area contributed by atoms with Crippen LogP contribution in [0.5, 0.6) is 0 Å². The molecule has 0 aromatic heterocycles. The van der Waals surface area contributed by atoms with E-state index >= 15 is 0 Å². The lowest BCUT2D eigenvalue weighted by molar-refractivity contribution is -0.195. The highest BCUT2D eigenvalue weighted by atomic mass is 16.7. The molecule has 2 rings (SSSR count). The molecule has 0 spiro atoms.